The lowest BCUT2D eigenvalue weighted by molar-refractivity contribution is -0.120. The molecule has 1 heterocycles. The molecule has 0 unspecified atom stereocenters. The zero-order chi connectivity index (χ0) is 14.5. The maximum absolute atomic E-state index is 11.6. The zero-order valence-electron chi connectivity index (χ0n) is 11.4. The van der Waals surface area contributed by atoms with E-state index in [2.05, 4.69) is 5.32 Å². The van der Waals surface area contributed by atoms with Crippen LogP contribution in [-0.2, 0) is 21.2 Å². The first-order chi connectivity index (χ1) is 8.80. The lowest BCUT2D eigenvalue weighted by atomic mass is 10.3. The van der Waals surface area contributed by atoms with E-state index in [1.54, 1.807) is 0 Å². The minimum absolute atomic E-state index is 0.0837. The quantitative estimate of drug-likeness (QED) is 0.819. The highest BCUT2D eigenvalue weighted by Crippen LogP contribution is 2.08. The second-order valence-corrected chi connectivity index (χ2v) is 7.54. The van der Waals surface area contributed by atoms with Gasteiger partial charge in [0.1, 0.15) is 0 Å². The Hall–Kier alpha value is -0.920. The van der Waals surface area contributed by atoms with Crippen LogP contribution in [0, 0.1) is 0 Å². The van der Waals surface area contributed by atoms with Crippen LogP contribution in [0.5, 0.6) is 0 Å². The molecule has 1 aromatic rings. The Bertz CT molecular complexity index is 495. The topological polar surface area (TPSA) is 66.5 Å². The number of hydrogen-bond acceptors (Lipinski definition) is 4. The van der Waals surface area contributed by atoms with Gasteiger partial charge in [-0.1, -0.05) is 6.07 Å². The predicted molar refractivity (Wildman–Crippen MR) is 77.7 cm³/mol. The molecule has 0 radical (unpaired) electrons. The monoisotopic (exact) mass is 304 g/mol. The van der Waals surface area contributed by atoms with Crippen LogP contribution in [0.1, 0.15) is 18.7 Å². The largest absolute Gasteiger partial charge is 0.354 e. The van der Waals surface area contributed by atoms with E-state index >= 15 is 0 Å². The Morgan fingerprint density at radius 2 is 2.16 bits per heavy atom. The van der Waals surface area contributed by atoms with Gasteiger partial charge in [-0.15, -0.1) is 11.3 Å². The third kappa shape index (κ3) is 5.71. The molecule has 0 bridgehead atoms. The molecule has 1 amide bonds. The first-order valence-electron chi connectivity index (χ1n) is 6.06. The predicted octanol–water partition coefficient (Wildman–Crippen LogP) is 1.08. The number of carbonyl (C=O) groups excluding carboxylic acids is 1. The van der Waals surface area contributed by atoms with Crippen molar-refractivity contribution in [2.75, 3.05) is 19.3 Å². The molecule has 0 fully saturated rings. The number of thiophene rings is 1. The van der Waals surface area contributed by atoms with Crippen molar-refractivity contribution < 1.29 is 13.2 Å². The van der Waals surface area contributed by atoms with Crippen molar-refractivity contribution in [2.45, 2.75) is 26.3 Å². The van der Waals surface area contributed by atoms with E-state index in [9.17, 15) is 13.2 Å². The van der Waals surface area contributed by atoms with Crippen molar-refractivity contribution in [3.8, 4) is 0 Å². The fourth-order valence-corrected chi connectivity index (χ4v) is 3.64. The second-order valence-electron chi connectivity index (χ2n) is 4.57. The molecule has 0 atom stereocenters. The lowest BCUT2D eigenvalue weighted by Gasteiger charge is -2.23. The molecule has 1 aromatic heterocycles. The minimum Gasteiger partial charge on any atom is -0.354 e. The summed E-state index contributed by atoms with van der Waals surface area (Å²) in [5.41, 5.74) is 0. The van der Waals surface area contributed by atoms with Gasteiger partial charge in [-0.25, -0.2) is 8.42 Å². The molecular weight excluding hydrogens is 284 g/mol. The van der Waals surface area contributed by atoms with Gasteiger partial charge >= 0.3 is 0 Å². The van der Waals surface area contributed by atoms with Crippen LogP contribution in [0.4, 0.5) is 0 Å². The molecule has 0 spiro atoms. The van der Waals surface area contributed by atoms with Crippen LogP contribution < -0.4 is 5.32 Å². The number of nitrogens with one attached hydrogen (secondary N) is 1. The number of rotatable bonds is 7. The molecule has 0 aromatic carbocycles. The Balaban J connectivity index is 2.38. The van der Waals surface area contributed by atoms with E-state index in [4.69, 9.17) is 0 Å². The van der Waals surface area contributed by atoms with Gasteiger partial charge in [0.25, 0.3) is 0 Å². The molecule has 0 aliphatic carbocycles. The average Bonchev–Trinajstić information content (AvgIpc) is 2.74. The van der Waals surface area contributed by atoms with E-state index in [0.29, 0.717) is 19.5 Å². The minimum atomic E-state index is -3.23. The van der Waals surface area contributed by atoms with Crippen LogP contribution in [0.2, 0.25) is 0 Å². The third-order valence-corrected chi connectivity index (χ3v) is 4.90. The molecule has 5 nitrogen and oxygen atoms in total. The van der Waals surface area contributed by atoms with Crippen molar-refractivity contribution in [3.63, 3.8) is 0 Å². The first-order valence-corrected chi connectivity index (χ1v) is 8.79. The normalized spacial score (nSPS) is 12.1. The van der Waals surface area contributed by atoms with E-state index in [1.165, 1.54) is 21.9 Å². The van der Waals surface area contributed by atoms with Gasteiger partial charge in [0.15, 0.2) is 0 Å². The fourth-order valence-electron chi connectivity index (χ4n) is 1.75. The summed E-state index contributed by atoms with van der Waals surface area (Å²) in [6, 6.07) is 3.70. The molecule has 0 saturated heterocycles. The molecule has 1 rings (SSSR count). The molecule has 0 aliphatic rings. The van der Waals surface area contributed by atoms with Crippen LogP contribution >= 0.6 is 11.3 Å². The Kier molecular flexibility index (Phi) is 5.96. The summed E-state index contributed by atoms with van der Waals surface area (Å²) < 4.78 is 24.4. The number of amides is 1. The van der Waals surface area contributed by atoms with E-state index in [1.807, 2.05) is 31.4 Å². The number of carbonyl (C=O) groups is 1. The highest BCUT2D eigenvalue weighted by atomic mass is 32.2. The van der Waals surface area contributed by atoms with E-state index < -0.39 is 10.0 Å². The van der Waals surface area contributed by atoms with Crippen LogP contribution in [0.15, 0.2) is 17.5 Å². The summed E-state index contributed by atoms with van der Waals surface area (Å²) in [4.78, 5) is 12.6. The Morgan fingerprint density at radius 3 is 2.63 bits per heavy atom. The third-order valence-electron chi connectivity index (χ3n) is 2.57. The summed E-state index contributed by atoms with van der Waals surface area (Å²) >= 11 is 1.53. The molecule has 108 valence electrons. The SMILES string of the molecule is CC(C)N(CCNC(=O)Cc1cccs1)S(C)(=O)=O. The van der Waals surface area contributed by atoms with Gasteiger partial charge in [0.2, 0.25) is 15.9 Å². The second kappa shape index (κ2) is 7.02. The summed E-state index contributed by atoms with van der Waals surface area (Å²) in [6.45, 7) is 4.26. The molecule has 7 heteroatoms. The van der Waals surface area contributed by atoms with Crippen molar-refractivity contribution in [3.05, 3.63) is 22.4 Å². The van der Waals surface area contributed by atoms with Gasteiger partial charge < -0.3 is 5.32 Å². The van der Waals surface area contributed by atoms with Gasteiger partial charge in [-0.3, -0.25) is 4.79 Å². The summed E-state index contributed by atoms with van der Waals surface area (Å²) in [6.07, 6.45) is 1.53. The van der Waals surface area contributed by atoms with Crippen LogP contribution in [0.25, 0.3) is 0 Å². The number of hydrogen-bond donors (Lipinski definition) is 1. The molecule has 0 aliphatic heterocycles. The van der Waals surface area contributed by atoms with Crippen LogP contribution in [0.3, 0.4) is 0 Å². The number of nitrogens with zero attached hydrogens (tertiary/aromatic N) is 1. The van der Waals surface area contributed by atoms with Crippen molar-refractivity contribution in [2.24, 2.45) is 0 Å². The highest BCUT2D eigenvalue weighted by Gasteiger charge is 2.19. The van der Waals surface area contributed by atoms with Gasteiger partial charge in [0, 0.05) is 24.0 Å². The van der Waals surface area contributed by atoms with Crippen molar-refractivity contribution >= 4 is 27.3 Å². The highest BCUT2D eigenvalue weighted by molar-refractivity contribution is 7.88. The summed E-state index contributed by atoms with van der Waals surface area (Å²) in [5.74, 6) is -0.0837. The van der Waals surface area contributed by atoms with Crippen LogP contribution in [-0.4, -0.2) is 44.0 Å². The molecular formula is C12H20N2O3S2. The molecule has 19 heavy (non-hydrogen) atoms. The fraction of sp³-hybridized carbons (Fsp3) is 0.583. The first kappa shape index (κ1) is 16.1. The van der Waals surface area contributed by atoms with Gasteiger partial charge in [0.05, 0.1) is 12.7 Å². The van der Waals surface area contributed by atoms with E-state index in [0.717, 1.165) is 4.88 Å². The summed E-state index contributed by atoms with van der Waals surface area (Å²) in [7, 11) is -3.23. The van der Waals surface area contributed by atoms with E-state index in [-0.39, 0.29) is 11.9 Å². The van der Waals surface area contributed by atoms with Gasteiger partial charge in [-0.2, -0.15) is 4.31 Å². The standard InChI is InChI=1S/C12H20N2O3S2/c1-10(2)14(19(3,16)17)7-6-13-12(15)9-11-5-4-8-18-11/h4-5,8,10H,6-7,9H2,1-3H3,(H,13,15). The maximum Gasteiger partial charge on any atom is 0.225 e. The number of sulfonamides is 1. The summed E-state index contributed by atoms with van der Waals surface area (Å²) in [5, 5.41) is 4.66. The van der Waals surface area contributed by atoms with Crippen molar-refractivity contribution in [1.82, 2.24) is 9.62 Å². The lowest BCUT2D eigenvalue weighted by Crippen LogP contribution is -2.42. The van der Waals surface area contributed by atoms with Crippen molar-refractivity contribution in [1.29, 1.82) is 0 Å². The molecule has 1 N–H and O–H groups in total. The maximum atomic E-state index is 11.6. The Labute approximate surface area is 118 Å². The zero-order valence-corrected chi connectivity index (χ0v) is 13.1. The van der Waals surface area contributed by atoms with Gasteiger partial charge in [-0.05, 0) is 25.3 Å². The average molecular weight is 304 g/mol. The smallest absolute Gasteiger partial charge is 0.225 e. The molecule has 0 saturated carbocycles. The Morgan fingerprint density at radius 1 is 1.47 bits per heavy atom.